The van der Waals surface area contributed by atoms with Gasteiger partial charge < -0.3 is 9.64 Å². The monoisotopic (exact) mass is 270 g/mol. The summed E-state index contributed by atoms with van der Waals surface area (Å²) in [5, 5.41) is 7.30. The molecule has 1 aromatic heterocycles. The van der Waals surface area contributed by atoms with Crippen LogP contribution in [0.25, 0.3) is 0 Å². The molecule has 1 N–H and O–H groups in total. The van der Waals surface area contributed by atoms with E-state index in [0.29, 0.717) is 16.9 Å². The molecule has 2 rings (SSSR count). The van der Waals surface area contributed by atoms with Crippen LogP contribution in [0.15, 0.2) is 0 Å². The van der Waals surface area contributed by atoms with Gasteiger partial charge in [-0.1, -0.05) is 6.92 Å². The van der Waals surface area contributed by atoms with E-state index in [0.717, 1.165) is 38.3 Å². The predicted molar refractivity (Wildman–Crippen MR) is 74.5 cm³/mol. The third-order valence-corrected chi connectivity index (χ3v) is 3.92. The number of rotatable bonds is 4. The van der Waals surface area contributed by atoms with Crippen molar-refractivity contribution >= 4 is 18.2 Å². The molecule has 0 aliphatic carbocycles. The van der Waals surface area contributed by atoms with Gasteiger partial charge in [0.05, 0.1) is 6.10 Å². The van der Waals surface area contributed by atoms with Crippen LogP contribution < -0.4 is 4.90 Å². The number of ether oxygens (including phenoxy) is 1. The Morgan fingerprint density at radius 1 is 1.56 bits per heavy atom. The Bertz CT molecular complexity index is 442. The summed E-state index contributed by atoms with van der Waals surface area (Å²) >= 11 is 5.29. The Kier molecular flexibility index (Phi) is 4.40. The zero-order valence-corrected chi connectivity index (χ0v) is 12.2. The van der Waals surface area contributed by atoms with Gasteiger partial charge in [-0.3, -0.25) is 4.57 Å². The van der Waals surface area contributed by atoms with Crippen molar-refractivity contribution in [3.63, 3.8) is 0 Å². The highest BCUT2D eigenvalue weighted by atomic mass is 32.1. The third-order valence-electron chi connectivity index (χ3n) is 3.60. The fraction of sp³-hybridized carbons (Fsp3) is 0.833. The van der Waals surface area contributed by atoms with Crippen LogP contribution in [0.3, 0.4) is 0 Å². The molecule has 5 nitrogen and oxygen atoms in total. The fourth-order valence-electron chi connectivity index (χ4n) is 2.59. The summed E-state index contributed by atoms with van der Waals surface area (Å²) in [6.45, 7) is 6.27. The summed E-state index contributed by atoms with van der Waals surface area (Å²) in [5.41, 5.74) is 0. The van der Waals surface area contributed by atoms with E-state index in [1.807, 2.05) is 0 Å². The van der Waals surface area contributed by atoms with Crippen molar-refractivity contribution in [2.45, 2.75) is 51.8 Å². The van der Waals surface area contributed by atoms with E-state index in [-0.39, 0.29) is 0 Å². The number of hydrogen-bond acceptors (Lipinski definition) is 4. The molecule has 102 valence electrons. The summed E-state index contributed by atoms with van der Waals surface area (Å²) in [7, 11) is 1.79. The van der Waals surface area contributed by atoms with Crippen LogP contribution in [0.5, 0.6) is 0 Å². The summed E-state index contributed by atoms with van der Waals surface area (Å²) in [5.74, 6) is 0.976. The molecular weight excluding hydrogens is 248 g/mol. The van der Waals surface area contributed by atoms with Crippen LogP contribution in [0.2, 0.25) is 0 Å². The van der Waals surface area contributed by atoms with Crippen molar-refractivity contribution in [2.24, 2.45) is 0 Å². The van der Waals surface area contributed by atoms with Crippen molar-refractivity contribution in [3.8, 4) is 0 Å². The first-order chi connectivity index (χ1) is 8.67. The molecule has 0 saturated carbocycles. The highest BCUT2D eigenvalue weighted by Crippen LogP contribution is 2.24. The first kappa shape index (κ1) is 13.5. The fourth-order valence-corrected chi connectivity index (χ4v) is 2.81. The van der Waals surface area contributed by atoms with Gasteiger partial charge in [0.15, 0.2) is 4.77 Å². The standard InChI is InChI=1S/C12H22N4OS/c1-4-6-16-11(13-14-12(16)18)15-7-5-10(17-3)8-9(15)2/h9-10H,4-8H2,1-3H3,(H,14,18). The molecule has 1 aliphatic rings. The van der Waals surface area contributed by atoms with Crippen LogP contribution >= 0.6 is 12.2 Å². The minimum atomic E-state index is 0.373. The van der Waals surface area contributed by atoms with E-state index < -0.39 is 0 Å². The maximum Gasteiger partial charge on any atom is 0.225 e. The maximum atomic E-state index is 5.45. The SMILES string of the molecule is CCCn1c(N2CCC(OC)CC2C)n[nH]c1=S. The molecule has 1 fully saturated rings. The number of aromatic nitrogens is 3. The molecule has 1 aromatic rings. The average Bonchev–Trinajstić information content (AvgIpc) is 2.72. The van der Waals surface area contributed by atoms with Crippen LogP contribution in [-0.2, 0) is 11.3 Å². The number of piperidine rings is 1. The van der Waals surface area contributed by atoms with Crippen molar-refractivity contribution in [3.05, 3.63) is 4.77 Å². The third kappa shape index (κ3) is 2.59. The number of nitrogens with zero attached hydrogens (tertiary/aromatic N) is 3. The first-order valence-corrected chi connectivity index (χ1v) is 7.02. The molecule has 0 spiro atoms. The van der Waals surface area contributed by atoms with Gasteiger partial charge in [0.25, 0.3) is 0 Å². The summed E-state index contributed by atoms with van der Waals surface area (Å²) < 4.78 is 8.26. The lowest BCUT2D eigenvalue weighted by molar-refractivity contribution is 0.0716. The van der Waals surface area contributed by atoms with Gasteiger partial charge in [-0.2, -0.15) is 0 Å². The van der Waals surface area contributed by atoms with Crippen LogP contribution in [0.4, 0.5) is 5.95 Å². The Hall–Kier alpha value is -0.880. The molecule has 6 heteroatoms. The Morgan fingerprint density at radius 3 is 2.94 bits per heavy atom. The number of methoxy groups -OCH3 is 1. The maximum absolute atomic E-state index is 5.45. The number of anilines is 1. The molecule has 2 unspecified atom stereocenters. The lowest BCUT2D eigenvalue weighted by Gasteiger charge is -2.37. The molecule has 1 aliphatic heterocycles. The smallest absolute Gasteiger partial charge is 0.225 e. The van der Waals surface area contributed by atoms with Gasteiger partial charge in [-0.15, -0.1) is 5.10 Å². The van der Waals surface area contributed by atoms with E-state index in [2.05, 4.69) is 33.5 Å². The molecule has 0 bridgehead atoms. The Morgan fingerprint density at radius 2 is 2.33 bits per heavy atom. The van der Waals surface area contributed by atoms with E-state index in [1.54, 1.807) is 7.11 Å². The zero-order chi connectivity index (χ0) is 13.1. The van der Waals surface area contributed by atoms with Crippen molar-refractivity contribution in [2.75, 3.05) is 18.6 Å². The summed E-state index contributed by atoms with van der Waals surface area (Å²) in [6, 6.07) is 0.435. The second kappa shape index (κ2) is 5.84. The molecule has 0 radical (unpaired) electrons. The zero-order valence-electron chi connectivity index (χ0n) is 11.3. The van der Waals surface area contributed by atoms with Crippen LogP contribution in [-0.4, -0.2) is 40.6 Å². The van der Waals surface area contributed by atoms with Gasteiger partial charge in [-0.25, -0.2) is 5.10 Å². The molecule has 2 heterocycles. The van der Waals surface area contributed by atoms with Crippen molar-refractivity contribution in [1.82, 2.24) is 14.8 Å². The molecule has 0 amide bonds. The van der Waals surface area contributed by atoms with E-state index in [9.17, 15) is 0 Å². The lowest BCUT2D eigenvalue weighted by atomic mass is 10.0. The largest absolute Gasteiger partial charge is 0.381 e. The van der Waals surface area contributed by atoms with Gasteiger partial charge in [0.1, 0.15) is 0 Å². The minimum Gasteiger partial charge on any atom is -0.381 e. The van der Waals surface area contributed by atoms with E-state index in [4.69, 9.17) is 17.0 Å². The molecule has 1 saturated heterocycles. The quantitative estimate of drug-likeness (QED) is 0.853. The summed E-state index contributed by atoms with van der Waals surface area (Å²) in [4.78, 5) is 2.33. The molecule has 2 atom stereocenters. The normalized spacial score (nSPS) is 24.5. The van der Waals surface area contributed by atoms with Gasteiger partial charge in [-0.05, 0) is 38.4 Å². The lowest BCUT2D eigenvalue weighted by Crippen LogP contribution is -2.44. The number of hydrogen-bond donors (Lipinski definition) is 1. The van der Waals surface area contributed by atoms with Crippen LogP contribution in [0, 0.1) is 4.77 Å². The number of nitrogens with one attached hydrogen (secondary N) is 1. The highest BCUT2D eigenvalue weighted by molar-refractivity contribution is 7.71. The average molecular weight is 270 g/mol. The second-order valence-corrected chi connectivity index (χ2v) is 5.29. The summed E-state index contributed by atoms with van der Waals surface area (Å²) in [6.07, 6.45) is 3.52. The predicted octanol–water partition coefficient (Wildman–Crippen LogP) is 2.35. The second-order valence-electron chi connectivity index (χ2n) is 4.90. The van der Waals surface area contributed by atoms with Gasteiger partial charge in [0.2, 0.25) is 5.95 Å². The highest BCUT2D eigenvalue weighted by Gasteiger charge is 2.28. The minimum absolute atomic E-state index is 0.373. The van der Waals surface area contributed by atoms with Crippen molar-refractivity contribution < 1.29 is 4.74 Å². The Balaban J connectivity index is 2.19. The van der Waals surface area contributed by atoms with Gasteiger partial charge >= 0.3 is 0 Å². The van der Waals surface area contributed by atoms with E-state index in [1.165, 1.54) is 0 Å². The van der Waals surface area contributed by atoms with Gasteiger partial charge in [0, 0.05) is 26.2 Å². The number of H-pyrrole nitrogens is 1. The topological polar surface area (TPSA) is 46.1 Å². The van der Waals surface area contributed by atoms with Crippen LogP contribution in [0.1, 0.15) is 33.1 Å². The number of aromatic amines is 1. The molecule has 18 heavy (non-hydrogen) atoms. The van der Waals surface area contributed by atoms with E-state index >= 15 is 0 Å². The van der Waals surface area contributed by atoms with Crippen molar-refractivity contribution in [1.29, 1.82) is 0 Å². The molecule has 0 aromatic carbocycles. The molecular formula is C12H22N4OS. The first-order valence-electron chi connectivity index (χ1n) is 6.62. The Labute approximate surface area is 113 Å².